The van der Waals surface area contributed by atoms with E-state index in [4.69, 9.17) is 0 Å². The summed E-state index contributed by atoms with van der Waals surface area (Å²) in [4.78, 5) is 13.3. The third-order valence-electron chi connectivity index (χ3n) is 4.19. The van der Waals surface area contributed by atoms with Gasteiger partial charge in [-0.1, -0.05) is 26.7 Å². The van der Waals surface area contributed by atoms with Gasteiger partial charge in [0.2, 0.25) is 5.91 Å². The van der Waals surface area contributed by atoms with E-state index < -0.39 is 24.9 Å². The van der Waals surface area contributed by atoms with Crippen LogP contribution in [0.15, 0.2) is 0 Å². The van der Waals surface area contributed by atoms with Crippen LogP contribution in [-0.2, 0) is 4.79 Å². The normalized spacial score (nSPS) is 28.9. The van der Waals surface area contributed by atoms with Crippen LogP contribution in [0.1, 0.15) is 46.0 Å². The molecule has 1 amide bonds. The third-order valence-corrected chi connectivity index (χ3v) is 4.19. The number of rotatable bonds is 4. The Labute approximate surface area is 117 Å². The first-order chi connectivity index (χ1) is 9.28. The summed E-state index contributed by atoms with van der Waals surface area (Å²) in [6.07, 6.45) is -0.258. The van der Waals surface area contributed by atoms with Crippen molar-refractivity contribution >= 4 is 5.91 Å². The molecule has 2 fully saturated rings. The van der Waals surface area contributed by atoms with Crippen molar-refractivity contribution in [1.82, 2.24) is 10.2 Å². The number of nitrogens with one attached hydrogen (secondary N) is 1. The molecule has 2 unspecified atom stereocenters. The molecule has 0 aromatic heterocycles. The summed E-state index contributed by atoms with van der Waals surface area (Å²) in [5.41, 5.74) is 0. The molecule has 2 aliphatic rings. The van der Waals surface area contributed by atoms with Gasteiger partial charge in [-0.3, -0.25) is 10.1 Å². The fraction of sp³-hybridized carbons (Fsp3) is 0.929. The van der Waals surface area contributed by atoms with Crippen LogP contribution in [0.3, 0.4) is 0 Å². The van der Waals surface area contributed by atoms with Crippen molar-refractivity contribution in [3.8, 4) is 0 Å². The molecule has 116 valence electrons. The van der Waals surface area contributed by atoms with E-state index in [2.05, 4.69) is 5.32 Å². The Balaban J connectivity index is 2.11. The summed E-state index contributed by atoms with van der Waals surface area (Å²) in [6, 6.07) is -0.456. The van der Waals surface area contributed by atoms with Gasteiger partial charge >= 0.3 is 6.18 Å². The molecule has 2 rings (SSSR count). The zero-order valence-corrected chi connectivity index (χ0v) is 12.0. The molecule has 1 saturated carbocycles. The molecule has 1 aliphatic heterocycles. The van der Waals surface area contributed by atoms with Gasteiger partial charge < -0.3 is 4.90 Å². The maximum absolute atomic E-state index is 12.7. The summed E-state index contributed by atoms with van der Waals surface area (Å²) >= 11 is 0. The SMILES string of the molecule is CC(C)CC1NC(C2CCCC2)N(CC(F)(F)F)C1=O. The minimum Gasteiger partial charge on any atom is -0.316 e. The third kappa shape index (κ3) is 3.65. The van der Waals surface area contributed by atoms with Crippen LogP contribution in [0, 0.1) is 11.8 Å². The van der Waals surface area contributed by atoms with Gasteiger partial charge in [-0.05, 0) is 31.1 Å². The zero-order chi connectivity index (χ0) is 14.9. The molecule has 6 heteroatoms. The van der Waals surface area contributed by atoms with E-state index in [9.17, 15) is 18.0 Å². The molecule has 1 aliphatic carbocycles. The molecule has 1 heterocycles. The van der Waals surface area contributed by atoms with Crippen LogP contribution in [0.25, 0.3) is 0 Å². The van der Waals surface area contributed by atoms with Crippen molar-refractivity contribution in [2.24, 2.45) is 11.8 Å². The number of hydrogen-bond donors (Lipinski definition) is 1. The van der Waals surface area contributed by atoms with Crippen molar-refractivity contribution in [3.05, 3.63) is 0 Å². The highest BCUT2D eigenvalue weighted by Gasteiger charge is 2.47. The molecule has 0 radical (unpaired) electrons. The number of halogens is 3. The van der Waals surface area contributed by atoms with E-state index in [1.165, 1.54) is 0 Å². The molecule has 20 heavy (non-hydrogen) atoms. The van der Waals surface area contributed by atoms with E-state index >= 15 is 0 Å². The van der Waals surface area contributed by atoms with Crippen LogP contribution in [0.2, 0.25) is 0 Å². The molecule has 1 N–H and O–H groups in total. The minimum absolute atomic E-state index is 0.165. The summed E-state index contributed by atoms with van der Waals surface area (Å²) in [7, 11) is 0. The summed E-state index contributed by atoms with van der Waals surface area (Å²) in [6.45, 7) is 2.83. The first-order valence-corrected chi connectivity index (χ1v) is 7.41. The standard InChI is InChI=1S/C14H23F3N2O/c1-9(2)7-11-13(20)19(8-14(15,16)17)12(18-11)10-5-3-4-6-10/h9-12,18H,3-8H2,1-2H3. The highest BCUT2D eigenvalue weighted by atomic mass is 19.4. The van der Waals surface area contributed by atoms with E-state index in [0.717, 1.165) is 30.6 Å². The average Bonchev–Trinajstić information content (AvgIpc) is 2.90. The second-order valence-corrected chi connectivity index (χ2v) is 6.42. The predicted octanol–water partition coefficient (Wildman–Crippen LogP) is 2.91. The second-order valence-electron chi connectivity index (χ2n) is 6.42. The Bertz CT molecular complexity index is 351. The predicted molar refractivity (Wildman–Crippen MR) is 69.9 cm³/mol. The highest BCUT2D eigenvalue weighted by molar-refractivity contribution is 5.84. The summed E-state index contributed by atoms with van der Waals surface area (Å²) in [5, 5.41) is 3.16. The molecular weight excluding hydrogens is 269 g/mol. The smallest absolute Gasteiger partial charge is 0.316 e. The van der Waals surface area contributed by atoms with Crippen molar-refractivity contribution in [2.75, 3.05) is 6.54 Å². The van der Waals surface area contributed by atoms with Gasteiger partial charge in [0.05, 0.1) is 12.2 Å². The number of carbonyl (C=O) groups is 1. The lowest BCUT2D eigenvalue weighted by Crippen LogP contribution is -2.46. The number of nitrogens with zero attached hydrogens (tertiary/aromatic N) is 1. The monoisotopic (exact) mass is 292 g/mol. The molecule has 0 aromatic rings. The van der Waals surface area contributed by atoms with Gasteiger partial charge in [-0.2, -0.15) is 13.2 Å². The number of carbonyl (C=O) groups excluding carboxylic acids is 1. The number of amides is 1. The Kier molecular flexibility index (Phi) is 4.62. The van der Waals surface area contributed by atoms with E-state index in [1.807, 2.05) is 13.8 Å². The first kappa shape index (κ1) is 15.6. The van der Waals surface area contributed by atoms with Crippen LogP contribution >= 0.6 is 0 Å². The van der Waals surface area contributed by atoms with Crippen LogP contribution in [0.4, 0.5) is 13.2 Å². The average molecular weight is 292 g/mol. The number of hydrogen-bond acceptors (Lipinski definition) is 2. The van der Waals surface area contributed by atoms with E-state index in [0.29, 0.717) is 6.42 Å². The maximum atomic E-state index is 12.7. The van der Waals surface area contributed by atoms with Gasteiger partial charge in [0.25, 0.3) is 0 Å². The van der Waals surface area contributed by atoms with Crippen molar-refractivity contribution in [2.45, 2.75) is 64.3 Å². The Hall–Kier alpha value is -0.780. The van der Waals surface area contributed by atoms with Crippen LogP contribution < -0.4 is 5.32 Å². The number of alkyl halides is 3. The Morgan fingerprint density at radius 3 is 2.40 bits per heavy atom. The van der Waals surface area contributed by atoms with E-state index in [-0.39, 0.29) is 17.7 Å². The molecule has 0 aromatic carbocycles. The lowest BCUT2D eigenvalue weighted by atomic mass is 10.0. The molecule has 3 nitrogen and oxygen atoms in total. The molecule has 0 bridgehead atoms. The lowest BCUT2D eigenvalue weighted by molar-refractivity contribution is -0.163. The van der Waals surface area contributed by atoms with E-state index in [1.54, 1.807) is 0 Å². The first-order valence-electron chi connectivity index (χ1n) is 7.41. The lowest BCUT2D eigenvalue weighted by Gasteiger charge is -2.29. The van der Waals surface area contributed by atoms with Crippen LogP contribution in [-0.4, -0.2) is 35.7 Å². The molecule has 2 atom stereocenters. The topological polar surface area (TPSA) is 32.3 Å². The van der Waals surface area contributed by atoms with Gasteiger partial charge in [0.15, 0.2) is 0 Å². The van der Waals surface area contributed by atoms with Gasteiger partial charge in [-0.25, -0.2) is 0 Å². The minimum atomic E-state index is -4.33. The highest BCUT2D eigenvalue weighted by Crippen LogP contribution is 2.34. The van der Waals surface area contributed by atoms with Gasteiger partial charge in [0, 0.05) is 0 Å². The fourth-order valence-electron chi connectivity index (χ4n) is 3.38. The quantitative estimate of drug-likeness (QED) is 0.864. The Morgan fingerprint density at radius 2 is 1.90 bits per heavy atom. The summed E-state index contributed by atoms with van der Waals surface area (Å²) < 4.78 is 38.1. The van der Waals surface area contributed by atoms with Crippen molar-refractivity contribution in [1.29, 1.82) is 0 Å². The van der Waals surface area contributed by atoms with Crippen molar-refractivity contribution < 1.29 is 18.0 Å². The fourth-order valence-corrected chi connectivity index (χ4v) is 3.38. The Morgan fingerprint density at radius 1 is 1.30 bits per heavy atom. The molecular formula is C14H23F3N2O. The maximum Gasteiger partial charge on any atom is 0.406 e. The largest absolute Gasteiger partial charge is 0.406 e. The molecule has 0 spiro atoms. The van der Waals surface area contributed by atoms with Gasteiger partial charge in [-0.15, -0.1) is 0 Å². The zero-order valence-electron chi connectivity index (χ0n) is 12.0. The van der Waals surface area contributed by atoms with Gasteiger partial charge in [0.1, 0.15) is 6.54 Å². The van der Waals surface area contributed by atoms with Crippen LogP contribution in [0.5, 0.6) is 0 Å². The molecule has 1 saturated heterocycles. The second kappa shape index (κ2) is 5.92. The van der Waals surface area contributed by atoms with Crippen molar-refractivity contribution in [3.63, 3.8) is 0 Å². The summed E-state index contributed by atoms with van der Waals surface area (Å²) in [5.74, 6) is 0.0675.